The van der Waals surface area contributed by atoms with Gasteiger partial charge in [-0.2, -0.15) is 0 Å². The largest absolute Gasteiger partial charge is 0.0625 e. The van der Waals surface area contributed by atoms with Crippen molar-refractivity contribution in [3.05, 3.63) is 0 Å². The monoisotopic (exact) mass is 220 g/mol. The molecule has 0 saturated heterocycles. The highest BCUT2D eigenvalue weighted by Crippen LogP contribution is 2.75. The molecule has 2 bridgehead atoms. The van der Waals surface area contributed by atoms with E-state index < -0.39 is 0 Å². The van der Waals surface area contributed by atoms with Crippen LogP contribution in [0, 0.1) is 34.0 Å². The molecule has 0 aromatic heterocycles. The van der Waals surface area contributed by atoms with Gasteiger partial charge in [0.15, 0.2) is 0 Å². The summed E-state index contributed by atoms with van der Waals surface area (Å²) in [5.41, 5.74) is 1.94. The Balaban J connectivity index is 2.07. The summed E-state index contributed by atoms with van der Waals surface area (Å²) in [6, 6.07) is 0. The van der Waals surface area contributed by atoms with Crippen molar-refractivity contribution in [1.82, 2.24) is 0 Å². The van der Waals surface area contributed by atoms with Crippen LogP contribution in [0.4, 0.5) is 0 Å². The van der Waals surface area contributed by atoms with Gasteiger partial charge in [0.25, 0.3) is 0 Å². The van der Waals surface area contributed by atoms with E-state index in [2.05, 4.69) is 34.6 Å². The summed E-state index contributed by atoms with van der Waals surface area (Å²) >= 11 is 0. The first kappa shape index (κ1) is 11.1. The van der Waals surface area contributed by atoms with Crippen molar-refractivity contribution in [2.24, 2.45) is 34.0 Å². The zero-order valence-corrected chi connectivity index (χ0v) is 11.8. The minimum Gasteiger partial charge on any atom is -0.0625 e. The molecule has 2 unspecified atom stereocenters. The van der Waals surface area contributed by atoms with Crippen LogP contribution in [0.15, 0.2) is 0 Å². The van der Waals surface area contributed by atoms with Crippen LogP contribution in [-0.4, -0.2) is 0 Å². The molecule has 0 N–H and O–H groups in total. The van der Waals surface area contributed by atoms with E-state index in [9.17, 15) is 0 Å². The highest BCUT2D eigenvalue weighted by Gasteiger charge is 2.67. The number of hydrogen-bond donors (Lipinski definition) is 0. The van der Waals surface area contributed by atoms with Crippen LogP contribution < -0.4 is 0 Å². The fourth-order valence-electron chi connectivity index (χ4n) is 6.20. The van der Waals surface area contributed by atoms with Gasteiger partial charge in [0.05, 0.1) is 0 Å². The minimum absolute atomic E-state index is 0.595. The Morgan fingerprint density at radius 3 is 2.38 bits per heavy atom. The van der Waals surface area contributed by atoms with Gasteiger partial charge in [0.1, 0.15) is 0 Å². The first-order chi connectivity index (χ1) is 7.30. The lowest BCUT2D eigenvalue weighted by Gasteiger charge is -2.57. The summed E-state index contributed by atoms with van der Waals surface area (Å²) in [5, 5.41) is 0. The summed E-state index contributed by atoms with van der Waals surface area (Å²) in [5.74, 6) is 2.99. The van der Waals surface area contributed by atoms with Crippen LogP contribution in [0.25, 0.3) is 0 Å². The quantitative estimate of drug-likeness (QED) is 0.545. The molecule has 92 valence electrons. The molecule has 0 radical (unpaired) electrons. The Kier molecular flexibility index (Phi) is 1.99. The zero-order chi connectivity index (χ0) is 11.8. The van der Waals surface area contributed by atoms with E-state index in [4.69, 9.17) is 0 Å². The second-order valence-corrected chi connectivity index (χ2v) is 8.40. The van der Waals surface area contributed by atoms with Crippen molar-refractivity contribution < 1.29 is 0 Å². The smallest absolute Gasteiger partial charge is 0.0210 e. The molecule has 0 amide bonds. The summed E-state index contributed by atoms with van der Waals surface area (Å²) in [7, 11) is 0. The van der Waals surface area contributed by atoms with Gasteiger partial charge in [-0.25, -0.2) is 0 Å². The fourth-order valence-corrected chi connectivity index (χ4v) is 6.20. The maximum atomic E-state index is 2.57. The molecule has 3 saturated carbocycles. The minimum atomic E-state index is 0.595. The molecule has 3 aliphatic carbocycles. The van der Waals surface area contributed by atoms with Crippen LogP contribution >= 0.6 is 0 Å². The van der Waals surface area contributed by atoms with Gasteiger partial charge in [-0.15, -0.1) is 0 Å². The molecule has 0 nitrogen and oxygen atoms in total. The molecule has 0 heterocycles. The topological polar surface area (TPSA) is 0 Å². The molecule has 3 fully saturated rings. The molecule has 3 aliphatic rings. The van der Waals surface area contributed by atoms with Gasteiger partial charge in [-0.05, 0) is 66.1 Å². The second-order valence-electron chi connectivity index (χ2n) is 8.40. The lowest BCUT2D eigenvalue weighted by molar-refractivity contribution is -0.0840. The second kappa shape index (κ2) is 2.87. The van der Waals surface area contributed by atoms with Crippen LogP contribution in [0.1, 0.15) is 66.7 Å². The third-order valence-corrected chi connectivity index (χ3v) is 7.01. The van der Waals surface area contributed by atoms with Gasteiger partial charge in [0, 0.05) is 0 Å². The van der Waals surface area contributed by atoms with Crippen LogP contribution in [0.2, 0.25) is 0 Å². The Labute approximate surface area is 101 Å². The molecule has 16 heavy (non-hydrogen) atoms. The highest BCUT2D eigenvalue weighted by molar-refractivity contribution is 5.16. The maximum Gasteiger partial charge on any atom is -0.0210 e. The number of hydrogen-bond acceptors (Lipinski definition) is 0. The van der Waals surface area contributed by atoms with E-state index in [1.54, 1.807) is 6.42 Å². The van der Waals surface area contributed by atoms with Crippen molar-refractivity contribution >= 4 is 0 Å². The highest BCUT2D eigenvalue weighted by atomic mass is 14.7. The molecule has 4 atom stereocenters. The van der Waals surface area contributed by atoms with Crippen molar-refractivity contribution in [3.8, 4) is 0 Å². The molecule has 3 rings (SSSR count). The predicted octanol–water partition coefficient (Wildman–Crippen LogP) is 4.89. The maximum absolute atomic E-state index is 2.57. The van der Waals surface area contributed by atoms with Crippen molar-refractivity contribution in [2.45, 2.75) is 66.7 Å². The summed E-state index contributed by atoms with van der Waals surface area (Å²) in [6.07, 6.45) is 7.57. The average molecular weight is 220 g/mol. The van der Waals surface area contributed by atoms with Crippen molar-refractivity contribution in [1.29, 1.82) is 0 Å². The van der Waals surface area contributed by atoms with E-state index >= 15 is 0 Å². The van der Waals surface area contributed by atoms with Crippen LogP contribution in [0.5, 0.6) is 0 Å². The van der Waals surface area contributed by atoms with Crippen LogP contribution in [0.3, 0.4) is 0 Å². The number of fused-ring (bicyclic) bond motifs is 1. The van der Waals surface area contributed by atoms with Gasteiger partial charge in [0.2, 0.25) is 0 Å². The molecule has 0 aromatic carbocycles. The van der Waals surface area contributed by atoms with E-state index in [-0.39, 0.29) is 0 Å². The van der Waals surface area contributed by atoms with E-state index in [0.717, 1.165) is 17.8 Å². The average Bonchev–Trinajstić information content (AvgIpc) is 2.63. The van der Waals surface area contributed by atoms with Gasteiger partial charge in [-0.1, -0.05) is 34.6 Å². The summed E-state index contributed by atoms with van der Waals surface area (Å²) in [6.45, 7) is 12.8. The molecule has 0 aliphatic heterocycles. The van der Waals surface area contributed by atoms with Gasteiger partial charge < -0.3 is 0 Å². The third kappa shape index (κ3) is 1.07. The Hall–Kier alpha value is 0. The zero-order valence-electron chi connectivity index (χ0n) is 11.8. The van der Waals surface area contributed by atoms with Gasteiger partial charge in [-0.3, -0.25) is 0 Å². The van der Waals surface area contributed by atoms with E-state index in [1.807, 2.05) is 0 Å². The molecule has 1 spiro atoms. The van der Waals surface area contributed by atoms with Crippen molar-refractivity contribution in [3.63, 3.8) is 0 Å². The van der Waals surface area contributed by atoms with Crippen molar-refractivity contribution in [2.75, 3.05) is 0 Å². The summed E-state index contributed by atoms with van der Waals surface area (Å²) in [4.78, 5) is 0. The predicted molar refractivity (Wildman–Crippen MR) is 69.2 cm³/mol. The first-order valence-corrected chi connectivity index (χ1v) is 7.30. The lowest BCUT2D eigenvalue weighted by Crippen LogP contribution is -2.50. The van der Waals surface area contributed by atoms with Crippen LogP contribution in [-0.2, 0) is 0 Å². The molecule has 0 heteroatoms. The van der Waals surface area contributed by atoms with E-state index in [0.29, 0.717) is 16.2 Å². The Morgan fingerprint density at radius 1 is 1.00 bits per heavy atom. The first-order valence-electron chi connectivity index (χ1n) is 7.30. The van der Waals surface area contributed by atoms with E-state index in [1.165, 1.54) is 25.7 Å². The molecular weight excluding hydrogens is 192 g/mol. The summed E-state index contributed by atoms with van der Waals surface area (Å²) < 4.78 is 0. The fraction of sp³-hybridized carbons (Fsp3) is 1.00. The standard InChI is InChI=1S/C16H28/c1-11-8-13-15(4,5)12-6-7-16(13,10-12)14(2,3)9-11/h11-13H,6-10H2,1-5H3/t11?,12-,13?,16-/m0/s1. The molecule has 0 aromatic rings. The third-order valence-electron chi connectivity index (χ3n) is 7.01. The van der Waals surface area contributed by atoms with Gasteiger partial charge >= 0.3 is 0 Å². The SMILES string of the molecule is CC1CC2C(C)(C)[C@H]3CC[C@@]2(C3)C(C)(C)C1. The molecular formula is C16H28. The number of rotatable bonds is 0. The Bertz CT molecular complexity index is 312. The Morgan fingerprint density at radius 2 is 1.69 bits per heavy atom. The normalized spacial score (nSPS) is 52.7. The lowest BCUT2D eigenvalue weighted by atomic mass is 9.47.